The Kier molecular flexibility index (Phi) is 6.87. The van der Waals surface area contributed by atoms with Crippen molar-refractivity contribution in [3.63, 3.8) is 0 Å². The summed E-state index contributed by atoms with van der Waals surface area (Å²) in [5.41, 5.74) is 7.18. The zero-order valence-corrected chi connectivity index (χ0v) is 17.9. The second-order valence-electron chi connectivity index (χ2n) is 7.90. The third kappa shape index (κ3) is 6.70. The van der Waals surface area contributed by atoms with Gasteiger partial charge in [-0.25, -0.2) is 4.99 Å². The van der Waals surface area contributed by atoms with E-state index in [0.29, 0.717) is 37.0 Å². The molecule has 10 heteroatoms. The molecular weight excluding hydrogens is 435 g/mol. The molecule has 0 radical (unpaired) electrons. The number of alkyl halides is 3. The molecule has 2 aliphatic rings. The molecule has 2 aromatic carbocycles. The highest BCUT2D eigenvalue weighted by Crippen LogP contribution is 2.26. The summed E-state index contributed by atoms with van der Waals surface area (Å²) in [4.78, 5) is 7.07. The number of rotatable bonds is 7. The first-order chi connectivity index (χ1) is 15.8. The molecule has 33 heavy (non-hydrogen) atoms. The summed E-state index contributed by atoms with van der Waals surface area (Å²) in [5, 5.41) is 6.42. The van der Waals surface area contributed by atoms with Crippen LogP contribution in [0.3, 0.4) is 0 Å². The lowest BCUT2D eigenvalue weighted by molar-refractivity contribution is -0.274. The van der Waals surface area contributed by atoms with Crippen molar-refractivity contribution in [2.24, 2.45) is 10.7 Å². The Hall–Kier alpha value is -3.08. The Bertz CT molecular complexity index is 989. The topological polar surface area (TPSA) is 84.1 Å². The van der Waals surface area contributed by atoms with Crippen LogP contribution in [-0.4, -0.2) is 55.6 Å². The van der Waals surface area contributed by atoms with E-state index in [4.69, 9.17) is 15.5 Å². The quantitative estimate of drug-likeness (QED) is 0.587. The number of halogens is 3. The second-order valence-corrected chi connectivity index (χ2v) is 7.90. The molecule has 1 unspecified atom stereocenters. The molecule has 2 aromatic rings. The Balaban J connectivity index is 1.51. The lowest BCUT2D eigenvalue weighted by atomic mass is 10.0. The molecule has 2 heterocycles. The van der Waals surface area contributed by atoms with Gasteiger partial charge in [0.25, 0.3) is 0 Å². The van der Waals surface area contributed by atoms with Gasteiger partial charge in [-0.15, -0.1) is 13.2 Å². The summed E-state index contributed by atoms with van der Waals surface area (Å²) >= 11 is 0. The van der Waals surface area contributed by atoms with E-state index in [2.05, 4.69) is 20.3 Å². The fraction of sp³-hybridized carbons (Fsp3) is 0.348. The number of nitrogens with zero attached hydrogens (tertiary/aromatic N) is 2. The fourth-order valence-electron chi connectivity index (χ4n) is 3.67. The predicted molar refractivity (Wildman–Crippen MR) is 120 cm³/mol. The maximum atomic E-state index is 12.4. The first-order valence-electron chi connectivity index (χ1n) is 10.7. The van der Waals surface area contributed by atoms with Gasteiger partial charge in [-0.3, -0.25) is 4.90 Å². The van der Waals surface area contributed by atoms with Gasteiger partial charge in [-0.2, -0.15) is 0 Å². The van der Waals surface area contributed by atoms with Gasteiger partial charge >= 0.3 is 6.36 Å². The van der Waals surface area contributed by atoms with Gasteiger partial charge in [-0.1, -0.05) is 30.3 Å². The number of benzene rings is 2. The van der Waals surface area contributed by atoms with Crippen LogP contribution in [-0.2, 0) is 4.74 Å². The Morgan fingerprint density at radius 1 is 1.09 bits per heavy atom. The maximum absolute atomic E-state index is 12.4. The smallest absolute Gasteiger partial charge is 0.406 e. The van der Waals surface area contributed by atoms with Gasteiger partial charge in [0.05, 0.1) is 13.2 Å². The van der Waals surface area contributed by atoms with Gasteiger partial charge in [0, 0.05) is 37.3 Å². The summed E-state index contributed by atoms with van der Waals surface area (Å²) in [7, 11) is 0. The SMILES string of the molecule is NC1(CCN2CCOCC2)C=C(Nc2ccc(OC(F)(F)F)cc2)NC(c2ccccc2)=N1. The van der Waals surface area contributed by atoms with E-state index in [9.17, 15) is 13.2 Å². The number of hydrogen-bond acceptors (Lipinski definition) is 7. The highest BCUT2D eigenvalue weighted by Gasteiger charge is 2.31. The third-order valence-corrected chi connectivity index (χ3v) is 5.31. The Labute approximate surface area is 190 Å². The van der Waals surface area contributed by atoms with Crippen molar-refractivity contribution in [3.8, 4) is 5.75 Å². The van der Waals surface area contributed by atoms with E-state index < -0.39 is 12.0 Å². The van der Waals surface area contributed by atoms with Gasteiger partial charge in [0.2, 0.25) is 0 Å². The number of anilines is 1. The number of morpholine rings is 1. The summed E-state index contributed by atoms with van der Waals surface area (Å²) < 4.78 is 46.6. The molecule has 4 N–H and O–H groups in total. The summed E-state index contributed by atoms with van der Waals surface area (Å²) in [6, 6.07) is 15.1. The number of nitrogens with two attached hydrogens (primary N) is 1. The Morgan fingerprint density at radius 2 is 1.79 bits per heavy atom. The highest BCUT2D eigenvalue weighted by atomic mass is 19.4. The number of aliphatic imine (C=N–C) groups is 1. The van der Waals surface area contributed by atoms with Crippen molar-refractivity contribution < 1.29 is 22.6 Å². The molecule has 1 saturated heterocycles. The van der Waals surface area contributed by atoms with E-state index in [0.717, 1.165) is 25.2 Å². The van der Waals surface area contributed by atoms with Crippen LogP contribution in [0.2, 0.25) is 0 Å². The van der Waals surface area contributed by atoms with Crippen LogP contribution in [0, 0.1) is 0 Å². The molecule has 0 saturated carbocycles. The average molecular weight is 461 g/mol. The lowest BCUT2D eigenvalue weighted by Gasteiger charge is -2.33. The molecular formula is C23H26F3N5O2. The normalized spacial score (nSPS) is 21.6. The first-order valence-corrected chi connectivity index (χ1v) is 10.7. The molecule has 0 aliphatic carbocycles. The monoisotopic (exact) mass is 461 g/mol. The molecule has 7 nitrogen and oxygen atoms in total. The van der Waals surface area contributed by atoms with Crippen LogP contribution in [0.5, 0.6) is 5.75 Å². The van der Waals surface area contributed by atoms with Crippen LogP contribution < -0.4 is 21.1 Å². The largest absolute Gasteiger partial charge is 0.573 e. The minimum absolute atomic E-state index is 0.288. The molecule has 1 atom stereocenters. The van der Waals surface area contributed by atoms with Crippen LogP contribution in [0.1, 0.15) is 12.0 Å². The van der Waals surface area contributed by atoms with Crippen LogP contribution in [0.15, 0.2) is 71.5 Å². The van der Waals surface area contributed by atoms with Gasteiger partial charge in [-0.05, 0) is 30.3 Å². The van der Waals surface area contributed by atoms with Gasteiger partial charge in [0.15, 0.2) is 0 Å². The summed E-state index contributed by atoms with van der Waals surface area (Å²) in [6.45, 7) is 3.87. The van der Waals surface area contributed by atoms with Crippen LogP contribution >= 0.6 is 0 Å². The van der Waals surface area contributed by atoms with Crippen molar-refractivity contribution in [1.82, 2.24) is 10.2 Å². The second kappa shape index (κ2) is 9.82. The van der Waals surface area contributed by atoms with Crippen molar-refractivity contribution in [3.05, 3.63) is 72.1 Å². The third-order valence-electron chi connectivity index (χ3n) is 5.31. The van der Waals surface area contributed by atoms with Crippen molar-refractivity contribution in [1.29, 1.82) is 0 Å². The zero-order chi connectivity index (χ0) is 23.3. The minimum atomic E-state index is -4.73. The van der Waals surface area contributed by atoms with Crippen molar-refractivity contribution in [2.75, 3.05) is 38.2 Å². The average Bonchev–Trinajstić information content (AvgIpc) is 2.79. The fourth-order valence-corrected chi connectivity index (χ4v) is 3.67. The molecule has 0 aromatic heterocycles. The zero-order valence-electron chi connectivity index (χ0n) is 17.9. The van der Waals surface area contributed by atoms with Crippen molar-refractivity contribution in [2.45, 2.75) is 18.4 Å². The molecule has 0 bridgehead atoms. The molecule has 4 rings (SSSR count). The van der Waals surface area contributed by atoms with Crippen LogP contribution in [0.25, 0.3) is 0 Å². The predicted octanol–water partition coefficient (Wildman–Crippen LogP) is 3.27. The van der Waals surface area contributed by atoms with E-state index >= 15 is 0 Å². The van der Waals surface area contributed by atoms with Crippen molar-refractivity contribution >= 4 is 11.5 Å². The standard InChI is InChI=1S/C23H26F3N5O2/c24-23(25,26)33-19-8-6-18(7-9-19)28-20-16-22(27,10-11-31-12-14-32-15-13-31)30-21(29-20)17-4-2-1-3-5-17/h1-9,16,28H,10-15,27H2,(H,29,30). The van der Waals surface area contributed by atoms with E-state index in [1.165, 1.54) is 24.3 Å². The lowest BCUT2D eigenvalue weighted by Crippen LogP contribution is -2.48. The van der Waals surface area contributed by atoms with E-state index in [-0.39, 0.29) is 5.75 Å². The summed E-state index contributed by atoms with van der Waals surface area (Å²) in [6.07, 6.45) is -2.34. The number of ether oxygens (including phenoxy) is 2. The molecule has 2 aliphatic heterocycles. The van der Waals surface area contributed by atoms with Crippen LogP contribution in [0.4, 0.5) is 18.9 Å². The van der Waals surface area contributed by atoms with E-state index in [1.54, 1.807) is 6.08 Å². The molecule has 0 spiro atoms. The van der Waals surface area contributed by atoms with E-state index in [1.807, 2.05) is 30.3 Å². The number of nitrogens with one attached hydrogen (secondary N) is 2. The first kappa shape index (κ1) is 23.1. The maximum Gasteiger partial charge on any atom is 0.573 e. The number of amidine groups is 1. The molecule has 0 amide bonds. The Morgan fingerprint density at radius 3 is 2.45 bits per heavy atom. The summed E-state index contributed by atoms with van der Waals surface area (Å²) in [5.74, 6) is 0.920. The molecule has 1 fully saturated rings. The minimum Gasteiger partial charge on any atom is -0.406 e. The van der Waals surface area contributed by atoms with Gasteiger partial charge < -0.3 is 25.8 Å². The van der Waals surface area contributed by atoms with Gasteiger partial charge in [0.1, 0.15) is 23.1 Å². The highest BCUT2D eigenvalue weighted by molar-refractivity contribution is 6.01. The molecule has 176 valence electrons. The number of hydrogen-bond donors (Lipinski definition) is 3.